The van der Waals surface area contributed by atoms with E-state index in [-0.39, 0.29) is 115 Å². The molecule has 0 aliphatic rings. The van der Waals surface area contributed by atoms with Crippen LogP contribution in [-0.2, 0) is 39.3 Å². The summed E-state index contributed by atoms with van der Waals surface area (Å²) in [4.78, 5) is 10.2. The number of hydrogen-bond acceptors (Lipinski definition) is 12. The summed E-state index contributed by atoms with van der Waals surface area (Å²) in [6.07, 6.45) is 0. The van der Waals surface area contributed by atoms with E-state index in [1.54, 1.807) is 0 Å². The van der Waals surface area contributed by atoms with E-state index < -0.39 is 75.6 Å². The van der Waals surface area contributed by atoms with Crippen molar-refractivity contribution in [3.63, 3.8) is 0 Å². The fourth-order valence-electron chi connectivity index (χ4n) is 3.24. The second-order valence-electron chi connectivity index (χ2n) is 7.55. The first-order valence-electron chi connectivity index (χ1n) is 10.1. The predicted octanol–water partition coefficient (Wildman–Crippen LogP) is -6.19. The Bertz CT molecular complexity index is 1820. The molecule has 21 heteroatoms. The second-order valence-corrected chi connectivity index (χ2v) is 12.1. The number of sulfone groups is 1. The van der Waals surface area contributed by atoms with Gasteiger partial charge in [-0.2, -0.15) is 16.8 Å². The summed E-state index contributed by atoms with van der Waals surface area (Å²) in [6.45, 7) is 0.306. The largest absolute Gasteiger partial charge is 1.00 e. The summed E-state index contributed by atoms with van der Waals surface area (Å²) >= 11 is 0. The summed E-state index contributed by atoms with van der Waals surface area (Å²) < 4.78 is 91.9. The van der Waals surface area contributed by atoms with Crippen LogP contribution >= 0.6 is 0 Å². The minimum Gasteiger partial charge on any atom is -1.00 e. The van der Waals surface area contributed by atoms with Gasteiger partial charge in [-0.25, -0.2) is 12.6 Å². The molecule has 41 heavy (non-hydrogen) atoms. The molecule has 0 aliphatic carbocycles. The molecular formula is C20H22N3Na3O12S3. The SMILES string of the molecule is CC(=O)Nc1cccc2cc(S(=O)(=O)O)c(N=Nc3ccc(S(=O)(=O)CCOS(=O)(=O)O)cc3O)c(O)c12.[H-].[H-].[H-].[Na+].[Na+].[Na+]. The van der Waals surface area contributed by atoms with Crippen LogP contribution in [0.4, 0.5) is 17.1 Å². The van der Waals surface area contributed by atoms with Gasteiger partial charge in [0.25, 0.3) is 10.1 Å². The van der Waals surface area contributed by atoms with Gasteiger partial charge in [0.2, 0.25) is 5.91 Å². The molecule has 1 amide bonds. The Morgan fingerprint density at radius 3 is 2.12 bits per heavy atom. The van der Waals surface area contributed by atoms with Crippen molar-refractivity contribution in [2.24, 2.45) is 10.2 Å². The Balaban J connectivity index is -0.00000133. The van der Waals surface area contributed by atoms with Crippen molar-refractivity contribution in [1.82, 2.24) is 0 Å². The first-order chi connectivity index (χ1) is 17.5. The summed E-state index contributed by atoms with van der Waals surface area (Å²) in [5.41, 5.74) is -1.02. The fraction of sp³-hybridized carbons (Fsp3) is 0.150. The maximum absolute atomic E-state index is 12.3. The number of azo groups is 1. The van der Waals surface area contributed by atoms with Gasteiger partial charge >= 0.3 is 99.1 Å². The van der Waals surface area contributed by atoms with Crippen LogP contribution in [0.2, 0.25) is 0 Å². The van der Waals surface area contributed by atoms with E-state index >= 15 is 0 Å². The quantitative estimate of drug-likeness (QED) is 0.0817. The minimum atomic E-state index is -4.96. The predicted molar refractivity (Wildman–Crippen MR) is 135 cm³/mol. The van der Waals surface area contributed by atoms with Gasteiger partial charge in [-0.05, 0) is 29.7 Å². The second kappa shape index (κ2) is 15.9. The molecule has 3 aromatic carbocycles. The third kappa shape index (κ3) is 10.8. The van der Waals surface area contributed by atoms with E-state index in [0.717, 1.165) is 24.3 Å². The van der Waals surface area contributed by atoms with Crippen molar-refractivity contribution in [2.45, 2.75) is 16.7 Å². The number of rotatable bonds is 9. The van der Waals surface area contributed by atoms with E-state index in [0.29, 0.717) is 0 Å². The zero-order chi connectivity index (χ0) is 28.5. The van der Waals surface area contributed by atoms with Gasteiger partial charge in [0.05, 0.1) is 22.9 Å². The molecule has 5 N–H and O–H groups in total. The smallest absolute Gasteiger partial charge is 1.00 e. The normalized spacial score (nSPS) is 11.8. The topological polar surface area (TPSA) is 246 Å². The molecule has 0 heterocycles. The number of carbonyl (C=O) groups excluding carboxylic acids is 1. The van der Waals surface area contributed by atoms with E-state index in [1.165, 1.54) is 25.1 Å². The summed E-state index contributed by atoms with van der Waals surface area (Å²) in [6, 6.07) is 7.96. The maximum Gasteiger partial charge on any atom is 1.00 e. The van der Waals surface area contributed by atoms with Crippen LogP contribution in [0.25, 0.3) is 10.8 Å². The Labute approximate surface area is 305 Å². The molecule has 3 aromatic rings. The zero-order valence-electron chi connectivity index (χ0n) is 25.1. The molecule has 0 saturated carbocycles. The van der Waals surface area contributed by atoms with E-state index in [9.17, 15) is 44.8 Å². The van der Waals surface area contributed by atoms with E-state index in [2.05, 4.69) is 19.7 Å². The number of carbonyl (C=O) groups is 1. The number of fused-ring (bicyclic) bond motifs is 1. The molecule has 210 valence electrons. The van der Waals surface area contributed by atoms with Crippen molar-refractivity contribution in [1.29, 1.82) is 0 Å². The van der Waals surface area contributed by atoms with Crippen molar-refractivity contribution < 1.29 is 147 Å². The molecule has 0 bridgehead atoms. The van der Waals surface area contributed by atoms with E-state index in [1.807, 2.05) is 0 Å². The standard InChI is InChI=1S/C20H19N3O12S3.3Na.3H/c1-11(24)21-15-4-2-3-12-9-17(37(29,30)31)19(20(26)18(12)15)23-22-14-6-5-13(10-16(14)25)36(27,28)8-7-35-38(32,33)34;;;;;;/h2-6,9-10,25-26H,7-8H2,1H3,(H,21,24)(H,29,30,31)(H,32,33,34);;;;;;/q;3*+1;3*-1. The van der Waals surface area contributed by atoms with Gasteiger partial charge in [0.15, 0.2) is 15.6 Å². The summed E-state index contributed by atoms with van der Waals surface area (Å²) in [5.74, 6) is -2.89. The number of amides is 1. The molecule has 0 aliphatic heterocycles. The van der Waals surface area contributed by atoms with Crippen molar-refractivity contribution in [3.8, 4) is 11.5 Å². The molecule has 0 radical (unpaired) electrons. The first-order valence-corrected chi connectivity index (χ1v) is 14.6. The third-order valence-electron chi connectivity index (χ3n) is 4.81. The third-order valence-corrected chi connectivity index (χ3v) is 7.82. The number of phenols is 2. The van der Waals surface area contributed by atoms with Crippen LogP contribution in [0.15, 0.2) is 62.5 Å². The van der Waals surface area contributed by atoms with Crippen LogP contribution in [-0.4, -0.2) is 62.8 Å². The average Bonchev–Trinajstić information content (AvgIpc) is 2.77. The van der Waals surface area contributed by atoms with Crippen LogP contribution in [0.5, 0.6) is 11.5 Å². The Kier molecular flexibility index (Phi) is 15.6. The first kappa shape index (κ1) is 40.3. The van der Waals surface area contributed by atoms with Crippen LogP contribution < -0.4 is 94.0 Å². The van der Waals surface area contributed by atoms with Crippen LogP contribution in [0.1, 0.15) is 11.2 Å². The van der Waals surface area contributed by atoms with Crippen molar-refractivity contribution in [2.75, 3.05) is 17.7 Å². The number of nitrogens with zero attached hydrogens (tertiary/aromatic N) is 2. The number of nitrogens with one attached hydrogen (secondary N) is 1. The molecule has 0 saturated heterocycles. The zero-order valence-corrected chi connectivity index (χ0v) is 30.6. The van der Waals surface area contributed by atoms with Gasteiger partial charge in [-0.15, -0.1) is 10.2 Å². The Hall–Kier alpha value is -0.680. The number of anilines is 1. The number of benzene rings is 3. The van der Waals surface area contributed by atoms with Gasteiger partial charge in [-0.3, -0.25) is 13.9 Å². The average molecular weight is 662 g/mol. The summed E-state index contributed by atoms with van der Waals surface area (Å²) in [5, 5.41) is 30.9. The van der Waals surface area contributed by atoms with Crippen molar-refractivity contribution >= 4 is 64.1 Å². The number of aromatic hydroxyl groups is 2. The Morgan fingerprint density at radius 2 is 1.59 bits per heavy atom. The fourth-order valence-corrected chi connectivity index (χ4v) is 5.40. The molecular weight excluding hydrogens is 639 g/mol. The number of hydrogen-bond donors (Lipinski definition) is 5. The van der Waals surface area contributed by atoms with Crippen molar-refractivity contribution in [3.05, 3.63) is 42.5 Å². The van der Waals surface area contributed by atoms with Gasteiger partial charge < -0.3 is 19.8 Å². The van der Waals surface area contributed by atoms with Crippen LogP contribution in [0.3, 0.4) is 0 Å². The Morgan fingerprint density at radius 1 is 0.951 bits per heavy atom. The van der Waals surface area contributed by atoms with E-state index in [4.69, 9.17) is 4.55 Å². The molecule has 0 spiro atoms. The molecule has 3 rings (SSSR count). The monoisotopic (exact) mass is 661 g/mol. The van der Waals surface area contributed by atoms with Gasteiger partial charge in [-0.1, -0.05) is 12.1 Å². The molecule has 0 aromatic heterocycles. The van der Waals surface area contributed by atoms with Crippen LogP contribution in [0, 0.1) is 0 Å². The maximum atomic E-state index is 12.3. The number of phenolic OH excluding ortho intramolecular Hbond substituents is 2. The van der Waals surface area contributed by atoms with Gasteiger partial charge in [0.1, 0.15) is 22.0 Å². The molecule has 0 unspecified atom stereocenters. The molecule has 0 fully saturated rings. The summed E-state index contributed by atoms with van der Waals surface area (Å²) in [7, 11) is -14.0. The minimum absolute atomic E-state index is 0. The van der Waals surface area contributed by atoms with Gasteiger partial charge in [0, 0.05) is 18.4 Å². The molecule has 0 atom stereocenters. The molecule has 15 nitrogen and oxygen atoms in total.